The third-order valence-electron chi connectivity index (χ3n) is 6.53. The van der Waals surface area contributed by atoms with Crippen molar-refractivity contribution in [3.8, 4) is 16.9 Å². The van der Waals surface area contributed by atoms with Crippen molar-refractivity contribution < 1.29 is 4.74 Å². The van der Waals surface area contributed by atoms with Crippen LogP contribution in [0.25, 0.3) is 28.1 Å². The quantitative estimate of drug-likeness (QED) is 0.278. The molecule has 3 heteroatoms. The lowest BCUT2D eigenvalue weighted by Gasteiger charge is -2.23. The standard InChI is InChI=1S/C30H24BrNO/c31-23-13-9-21(10-14-23)22-11-17-25(18-12-22)33-26-19-15-24(16-20-26)32-29-7-3-1-5-27(29)28-6-2-4-8-30(28)32/h1-3,5-7,9-15,17-20,24H,4,8,16H2. The highest BCUT2D eigenvalue weighted by Gasteiger charge is 2.22. The lowest BCUT2D eigenvalue weighted by atomic mass is 10.0. The van der Waals surface area contributed by atoms with Gasteiger partial charge in [-0.15, -0.1) is 0 Å². The van der Waals surface area contributed by atoms with Gasteiger partial charge >= 0.3 is 0 Å². The van der Waals surface area contributed by atoms with Gasteiger partial charge in [0.25, 0.3) is 0 Å². The fourth-order valence-corrected chi connectivity index (χ4v) is 5.20. The summed E-state index contributed by atoms with van der Waals surface area (Å²) in [6.07, 6.45) is 14.4. The summed E-state index contributed by atoms with van der Waals surface area (Å²) in [5.74, 6) is 1.77. The Bertz CT molecular complexity index is 1400. The number of nitrogens with zero attached hydrogens (tertiary/aromatic N) is 1. The van der Waals surface area contributed by atoms with E-state index in [-0.39, 0.29) is 0 Å². The van der Waals surface area contributed by atoms with Crippen LogP contribution in [-0.2, 0) is 6.42 Å². The van der Waals surface area contributed by atoms with E-state index in [1.165, 1.54) is 33.3 Å². The molecule has 1 atom stereocenters. The summed E-state index contributed by atoms with van der Waals surface area (Å²) in [7, 11) is 0. The van der Waals surface area contributed by atoms with Crippen LogP contribution in [0.3, 0.4) is 0 Å². The zero-order valence-electron chi connectivity index (χ0n) is 18.2. The highest BCUT2D eigenvalue weighted by molar-refractivity contribution is 9.10. The fraction of sp³-hybridized carbons (Fsp3) is 0.133. The Kier molecular flexibility index (Phi) is 5.27. The van der Waals surface area contributed by atoms with Gasteiger partial charge in [-0.2, -0.15) is 0 Å². The molecule has 0 radical (unpaired) electrons. The second-order valence-electron chi connectivity index (χ2n) is 8.59. The topological polar surface area (TPSA) is 14.2 Å². The van der Waals surface area contributed by atoms with Crippen molar-refractivity contribution in [1.29, 1.82) is 0 Å². The maximum Gasteiger partial charge on any atom is 0.127 e. The van der Waals surface area contributed by atoms with E-state index in [9.17, 15) is 0 Å². The Morgan fingerprint density at radius 1 is 0.848 bits per heavy atom. The third kappa shape index (κ3) is 3.87. The number of hydrogen-bond acceptors (Lipinski definition) is 1. The molecule has 33 heavy (non-hydrogen) atoms. The SMILES string of the molecule is Brc1ccc(-c2ccc(OC3=CCC(n4c5c(c6ccccc64)C=CCC5)C=C3)cc2)cc1. The van der Waals surface area contributed by atoms with Crippen LogP contribution in [-0.4, -0.2) is 4.57 Å². The third-order valence-corrected chi connectivity index (χ3v) is 7.06. The molecular weight excluding hydrogens is 470 g/mol. The highest BCUT2D eigenvalue weighted by atomic mass is 79.9. The van der Waals surface area contributed by atoms with Gasteiger partial charge in [-0.3, -0.25) is 0 Å². The van der Waals surface area contributed by atoms with E-state index >= 15 is 0 Å². The first-order valence-electron chi connectivity index (χ1n) is 11.5. The highest BCUT2D eigenvalue weighted by Crippen LogP contribution is 2.36. The van der Waals surface area contributed by atoms with Gasteiger partial charge in [-0.05, 0) is 72.9 Å². The first-order chi connectivity index (χ1) is 16.3. The van der Waals surface area contributed by atoms with Crippen molar-refractivity contribution in [2.24, 2.45) is 0 Å². The van der Waals surface area contributed by atoms with Gasteiger partial charge in [0.1, 0.15) is 11.5 Å². The molecule has 0 aliphatic heterocycles. The van der Waals surface area contributed by atoms with E-state index in [1.807, 2.05) is 12.1 Å². The van der Waals surface area contributed by atoms with Gasteiger partial charge in [0, 0.05) is 26.6 Å². The summed E-state index contributed by atoms with van der Waals surface area (Å²) in [5, 5.41) is 1.36. The van der Waals surface area contributed by atoms with Crippen LogP contribution in [0, 0.1) is 0 Å². The molecule has 162 valence electrons. The van der Waals surface area contributed by atoms with Crippen LogP contribution in [0.1, 0.15) is 30.1 Å². The van der Waals surface area contributed by atoms with Crippen molar-refractivity contribution in [3.63, 3.8) is 0 Å². The van der Waals surface area contributed by atoms with Gasteiger partial charge in [0.05, 0.1) is 6.04 Å². The minimum Gasteiger partial charge on any atom is -0.458 e. The number of hydrogen-bond donors (Lipinski definition) is 0. The molecule has 1 heterocycles. The van der Waals surface area contributed by atoms with Gasteiger partial charge in [-0.1, -0.05) is 76.6 Å². The number of benzene rings is 3. The summed E-state index contributed by atoms with van der Waals surface area (Å²) in [6.45, 7) is 0. The predicted octanol–water partition coefficient (Wildman–Crippen LogP) is 8.49. The van der Waals surface area contributed by atoms with Crippen LogP contribution in [0.15, 0.2) is 107 Å². The molecular formula is C30H24BrNO. The number of halogens is 1. The molecule has 6 rings (SSSR count). The predicted molar refractivity (Wildman–Crippen MR) is 140 cm³/mol. The second-order valence-corrected chi connectivity index (χ2v) is 9.51. The fourth-order valence-electron chi connectivity index (χ4n) is 4.93. The van der Waals surface area contributed by atoms with Gasteiger partial charge < -0.3 is 9.30 Å². The monoisotopic (exact) mass is 493 g/mol. The minimum atomic E-state index is 0.317. The maximum absolute atomic E-state index is 6.18. The van der Waals surface area contributed by atoms with E-state index in [2.05, 4.69) is 112 Å². The van der Waals surface area contributed by atoms with Crippen LogP contribution in [0.5, 0.6) is 5.75 Å². The molecule has 2 nitrogen and oxygen atoms in total. The Labute approximate surface area is 202 Å². The number of para-hydroxylation sites is 1. The second kappa shape index (κ2) is 8.57. The zero-order chi connectivity index (χ0) is 22.2. The average Bonchev–Trinajstić information content (AvgIpc) is 3.20. The smallest absolute Gasteiger partial charge is 0.127 e. The molecule has 1 aromatic heterocycles. The molecule has 0 spiro atoms. The van der Waals surface area contributed by atoms with Crippen molar-refractivity contribution in [2.45, 2.75) is 25.3 Å². The lowest BCUT2D eigenvalue weighted by molar-refractivity contribution is 0.432. The van der Waals surface area contributed by atoms with Crippen molar-refractivity contribution in [2.75, 3.05) is 0 Å². The molecule has 0 N–H and O–H groups in total. The Hall–Kier alpha value is -3.30. The number of fused-ring (bicyclic) bond motifs is 3. The summed E-state index contributed by atoms with van der Waals surface area (Å²) < 4.78 is 9.80. The molecule has 3 aromatic carbocycles. The molecule has 2 aliphatic carbocycles. The van der Waals surface area contributed by atoms with Crippen molar-refractivity contribution >= 4 is 32.9 Å². The summed E-state index contributed by atoms with van der Waals surface area (Å²) >= 11 is 3.49. The molecule has 0 fully saturated rings. The van der Waals surface area contributed by atoms with Gasteiger partial charge in [-0.25, -0.2) is 0 Å². The first-order valence-corrected chi connectivity index (χ1v) is 12.3. The van der Waals surface area contributed by atoms with Crippen molar-refractivity contribution in [1.82, 2.24) is 4.57 Å². The molecule has 0 saturated heterocycles. The summed E-state index contributed by atoms with van der Waals surface area (Å²) in [6, 6.07) is 25.8. The number of aromatic nitrogens is 1. The van der Waals surface area contributed by atoms with E-state index in [0.29, 0.717) is 6.04 Å². The Balaban J connectivity index is 1.20. The van der Waals surface area contributed by atoms with Crippen LogP contribution >= 0.6 is 15.9 Å². The lowest BCUT2D eigenvalue weighted by Crippen LogP contribution is -2.13. The molecule has 4 aromatic rings. The van der Waals surface area contributed by atoms with Crippen LogP contribution < -0.4 is 4.74 Å². The average molecular weight is 494 g/mol. The molecule has 1 unspecified atom stereocenters. The van der Waals surface area contributed by atoms with Gasteiger partial charge in [0.2, 0.25) is 0 Å². The molecule has 2 aliphatic rings. The molecule has 0 amide bonds. The number of rotatable bonds is 4. The number of ether oxygens (including phenoxy) is 1. The van der Waals surface area contributed by atoms with Crippen LogP contribution in [0.4, 0.5) is 0 Å². The maximum atomic E-state index is 6.18. The summed E-state index contributed by atoms with van der Waals surface area (Å²) in [5.41, 5.74) is 6.55. The van der Waals surface area contributed by atoms with E-state index in [1.54, 1.807) is 0 Å². The summed E-state index contributed by atoms with van der Waals surface area (Å²) in [4.78, 5) is 0. The van der Waals surface area contributed by atoms with Gasteiger partial charge in [0.15, 0.2) is 0 Å². The van der Waals surface area contributed by atoms with Crippen LogP contribution in [0.2, 0.25) is 0 Å². The molecule has 0 saturated carbocycles. The zero-order valence-corrected chi connectivity index (χ0v) is 19.8. The van der Waals surface area contributed by atoms with E-state index in [0.717, 1.165) is 35.2 Å². The minimum absolute atomic E-state index is 0.317. The van der Waals surface area contributed by atoms with Crippen molar-refractivity contribution in [3.05, 3.63) is 119 Å². The normalized spacial score (nSPS) is 17.1. The number of allylic oxidation sites excluding steroid dienone is 4. The Morgan fingerprint density at radius 2 is 1.61 bits per heavy atom. The Morgan fingerprint density at radius 3 is 2.36 bits per heavy atom. The van der Waals surface area contributed by atoms with E-state index in [4.69, 9.17) is 4.74 Å². The largest absolute Gasteiger partial charge is 0.458 e. The molecule has 0 bridgehead atoms. The van der Waals surface area contributed by atoms with E-state index < -0.39 is 0 Å². The first kappa shape index (κ1) is 20.3.